The Bertz CT molecular complexity index is 1250. The first-order chi connectivity index (χ1) is 12.1. The molecule has 0 bridgehead atoms. The summed E-state index contributed by atoms with van der Waals surface area (Å²) in [5.74, 6) is 0. The molecular formula is C18H10ClN3O2S. The number of benzene rings is 2. The number of thiazole rings is 1. The largest absolute Gasteiger partial charge is 0.300 e. The maximum absolute atomic E-state index is 12.6. The lowest BCUT2D eigenvalue weighted by atomic mass is 10.2. The van der Waals surface area contributed by atoms with Crippen LogP contribution >= 0.6 is 22.9 Å². The summed E-state index contributed by atoms with van der Waals surface area (Å²) in [4.78, 5) is 29.2. The third-order valence-electron chi connectivity index (χ3n) is 3.62. The summed E-state index contributed by atoms with van der Waals surface area (Å²) in [6.45, 7) is 0. The first kappa shape index (κ1) is 15.7. The van der Waals surface area contributed by atoms with Crippen LogP contribution in [0.2, 0.25) is 5.02 Å². The highest BCUT2D eigenvalue weighted by Crippen LogP contribution is 2.15. The predicted octanol–water partition coefficient (Wildman–Crippen LogP) is 2.38. The van der Waals surface area contributed by atoms with Crippen molar-refractivity contribution in [3.05, 3.63) is 90.4 Å². The molecule has 122 valence electrons. The van der Waals surface area contributed by atoms with Crippen molar-refractivity contribution in [3.63, 3.8) is 0 Å². The van der Waals surface area contributed by atoms with Crippen molar-refractivity contribution in [2.45, 2.75) is 0 Å². The summed E-state index contributed by atoms with van der Waals surface area (Å²) in [7, 11) is 0. The van der Waals surface area contributed by atoms with E-state index in [1.54, 1.807) is 36.4 Å². The molecule has 0 saturated carbocycles. The fraction of sp³-hybridized carbons (Fsp3) is 0. The van der Waals surface area contributed by atoms with Gasteiger partial charge in [-0.05, 0) is 17.7 Å². The Kier molecular flexibility index (Phi) is 3.91. The summed E-state index contributed by atoms with van der Waals surface area (Å²) >= 11 is 7.25. The third-order valence-corrected chi connectivity index (χ3v) is 4.93. The molecule has 0 aliphatic carbocycles. The van der Waals surface area contributed by atoms with E-state index in [0.29, 0.717) is 15.1 Å². The lowest BCUT2D eigenvalue weighted by Gasteiger charge is -1.98. The van der Waals surface area contributed by atoms with Crippen molar-refractivity contribution in [2.24, 2.45) is 0 Å². The van der Waals surface area contributed by atoms with Crippen molar-refractivity contribution in [1.82, 2.24) is 14.6 Å². The quantitative estimate of drug-likeness (QED) is 0.545. The number of halogens is 1. The highest BCUT2D eigenvalue weighted by atomic mass is 35.5. The van der Waals surface area contributed by atoms with Gasteiger partial charge in [0.15, 0.2) is 5.69 Å². The van der Waals surface area contributed by atoms with Gasteiger partial charge < -0.3 is 0 Å². The van der Waals surface area contributed by atoms with Gasteiger partial charge in [-0.2, -0.15) is 14.6 Å². The second-order valence-corrected chi connectivity index (χ2v) is 6.68. The predicted molar refractivity (Wildman–Crippen MR) is 99.1 cm³/mol. The van der Waals surface area contributed by atoms with Gasteiger partial charge >= 0.3 is 5.56 Å². The van der Waals surface area contributed by atoms with Crippen LogP contribution in [0, 0.1) is 0 Å². The molecule has 0 spiro atoms. The van der Waals surface area contributed by atoms with Crippen molar-refractivity contribution in [1.29, 1.82) is 0 Å². The molecule has 0 aliphatic heterocycles. The number of rotatable bonds is 2. The maximum atomic E-state index is 12.6. The van der Waals surface area contributed by atoms with E-state index in [-0.39, 0.29) is 16.2 Å². The van der Waals surface area contributed by atoms with E-state index < -0.39 is 5.56 Å². The van der Waals surface area contributed by atoms with E-state index in [9.17, 15) is 9.59 Å². The molecule has 4 rings (SSSR count). The van der Waals surface area contributed by atoms with Crippen molar-refractivity contribution in [2.75, 3.05) is 0 Å². The van der Waals surface area contributed by atoms with Gasteiger partial charge in [-0.15, -0.1) is 0 Å². The van der Waals surface area contributed by atoms with Gasteiger partial charge in [0.2, 0.25) is 4.96 Å². The average molecular weight is 368 g/mol. The average Bonchev–Trinajstić information content (AvgIpc) is 2.92. The second kappa shape index (κ2) is 6.23. The summed E-state index contributed by atoms with van der Waals surface area (Å²) < 4.78 is 1.58. The normalized spacial score (nSPS) is 12.0. The molecule has 2 aromatic heterocycles. The second-order valence-electron chi connectivity index (χ2n) is 5.26. The van der Waals surface area contributed by atoms with Crippen LogP contribution in [0.15, 0.2) is 64.2 Å². The molecule has 5 nitrogen and oxygen atoms in total. The van der Waals surface area contributed by atoms with Gasteiger partial charge in [-0.25, -0.2) is 0 Å². The molecule has 2 aromatic carbocycles. The van der Waals surface area contributed by atoms with Crippen LogP contribution in [0.1, 0.15) is 5.56 Å². The Morgan fingerprint density at radius 2 is 1.72 bits per heavy atom. The number of hydrogen-bond donors (Lipinski definition) is 0. The minimum Gasteiger partial charge on any atom is -0.266 e. The molecule has 0 fully saturated rings. The van der Waals surface area contributed by atoms with Crippen LogP contribution in [-0.4, -0.2) is 14.6 Å². The van der Waals surface area contributed by atoms with Crippen LogP contribution in [0.3, 0.4) is 0 Å². The molecule has 0 amide bonds. The number of fused-ring (bicyclic) bond motifs is 1. The van der Waals surface area contributed by atoms with E-state index in [1.807, 2.05) is 24.3 Å². The lowest BCUT2D eigenvalue weighted by molar-refractivity contribution is 0.873. The van der Waals surface area contributed by atoms with Crippen LogP contribution in [0.25, 0.3) is 22.3 Å². The Labute approximate surface area is 150 Å². The standard InChI is InChI=1S/C18H10ClN3O2S/c19-13-9-5-4-8-12(13)10-14-17(24)22-18(25-14)20-16(23)15(21-22)11-6-2-1-3-7-11/h1-10H/b14-10+. The molecule has 2 heterocycles. The van der Waals surface area contributed by atoms with Crippen LogP contribution in [-0.2, 0) is 0 Å². The Hall–Kier alpha value is -2.83. The van der Waals surface area contributed by atoms with Gasteiger partial charge in [0.1, 0.15) is 0 Å². The smallest absolute Gasteiger partial charge is 0.266 e. The number of hydrogen-bond acceptors (Lipinski definition) is 5. The molecule has 0 N–H and O–H groups in total. The SMILES string of the molecule is O=c1nc2s/c(=C/c3ccccc3Cl)c(=O)n2nc1-c1ccccc1. The van der Waals surface area contributed by atoms with E-state index in [1.165, 1.54) is 0 Å². The minimum atomic E-state index is -0.461. The minimum absolute atomic E-state index is 0.150. The first-order valence-corrected chi connectivity index (χ1v) is 8.58. The monoisotopic (exact) mass is 367 g/mol. The molecule has 4 aromatic rings. The zero-order valence-corrected chi connectivity index (χ0v) is 14.3. The van der Waals surface area contributed by atoms with Crippen LogP contribution in [0.5, 0.6) is 0 Å². The zero-order chi connectivity index (χ0) is 17.4. The Balaban J connectivity index is 1.97. The fourth-order valence-corrected chi connectivity index (χ4v) is 3.50. The van der Waals surface area contributed by atoms with E-state index in [0.717, 1.165) is 21.4 Å². The molecule has 7 heteroatoms. The fourth-order valence-electron chi connectivity index (χ4n) is 2.42. The van der Waals surface area contributed by atoms with Gasteiger partial charge in [-0.1, -0.05) is 71.5 Å². The lowest BCUT2D eigenvalue weighted by Crippen LogP contribution is -2.26. The van der Waals surface area contributed by atoms with Crippen molar-refractivity contribution >= 4 is 34.0 Å². The van der Waals surface area contributed by atoms with Crippen molar-refractivity contribution < 1.29 is 0 Å². The van der Waals surface area contributed by atoms with Gasteiger partial charge in [-0.3, -0.25) is 9.59 Å². The Morgan fingerprint density at radius 1 is 1.00 bits per heavy atom. The van der Waals surface area contributed by atoms with Gasteiger partial charge in [0.25, 0.3) is 5.56 Å². The topological polar surface area (TPSA) is 64.3 Å². The van der Waals surface area contributed by atoms with E-state index >= 15 is 0 Å². The molecule has 0 radical (unpaired) electrons. The van der Waals surface area contributed by atoms with Crippen LogP contribution < -0.4 is 15.7 Å². The van der Waals surface area contributed by atoms with E-state index in [4.69, 9.17) is 11.6 Å². The zero-order valence-electron chi connectivity index (χ0n) is 12.7. The molecule has 0 unspecified atom stereocenters. The molecule has 0 atom stereocenters. The molecular weight excluding hydrogens is 358 g/mol. The molecule has 0 saturated heterocycles. The van der Waals surface area contributed by atoms with Gasteiger partial charge in [0.05, 0.1) is 4.53 Å². The van der Waals surface area contributed by atoms with Crippen molar-refractivity contribution in [3.8, 4) is 11.3 Å². The summed E-state index contributed by atoms with van der Waals surface area (Å²) in [5, 5.41) is 4.76. The van der Waals surface area contributed by atoms with Crippen LogP contribution in [0.4, 0.5) is 0 Å². The summed E-state index contributed by atoms with van der Waals surface area (Å²) in [6, 6.07) is 16.2. The number of nitrogens with zero attached hydrogens (tertiary/aromatic N) is 3. The first-order valence-electron chi connectivity index (χ1n) is 7.39. The molecule has 25 heavy (non-hydrogen) atoms. The highest BCUT2D eigenvalue weighted by Gasteiger charge is 2.12. The highest BCUT2D eigenvalue weighted by molar-refractivity contribution is 7.15. The summed E-state index contributed by atoms with van der Waals surface area (Å²) in [5.41, 5.74) is 0.703. The maximum Gasteiger partial charge on any atom is 0.300 e. The van der Waals surface area contributed by atoms with Gasteiger partial charge in [0, 0.05) is 10.6 Å². The Morgan fingerprint density at radius 3 is 2.48 bits per heavy atom. The molecule has 0 aliphatic rings. The van der Waals surface area contributed by atoms with E-state index in [2.05, 4.69) is 10.1 Å². The summed E-state index contributed by atoms with van der Waals surface area (Å²) in [6.07, 6.45) is 1.68. The third kappa shape index (κ3) is 2.86. The number of aromatic nitrogens is 3.